The number of allylic oxidation sites excluding steroid dienone is 1. The van der Waals surface area contributed by atoms with Gasteiger partial charge in [0.25, 0.3) is 0 Å². The zero-order valence-electron chi connectivity index (χ0n) is 10.4. The van der Waals surface area contributed by atoms with E-state index in [1.54, 1.807) is 0 Å². The van der Waals surface area contributed by atoms with Crippen LogP contribution in [-0.4, -0.2) is 35.5 Å². The topological polar surface area (TPSA) is 107 Å². The first-order chi connectivity index (χ1) is 8.47. The second kappa shape index (κ2) is 9.35. The summed E-state index contributed by atoms with van der Waals surface area (Å²) >= 11 is 0. The number of carboxylic acid groups (broad SMARTS) is 1. The number of unbranched alkanes of at least 4 members (excludes halogenated alkanes) is 1. The van der Waals surface area contributed by atoms with Crippen molar-refractivity contribution < 1.29 is 24.2 Å². The van der Waals surface area contributed by atoms with Crippen LogP contribution in [0, 0.1) is 0 Å². The molecule has 0 fully saturated rings. The van der Waals surface area contributed by atoms with Crippen LogP contribution in [0.15, 0.2) is 12.2 Å². The molecule has 0 saturated heterocycles. The van der Waals surface area contributed by atoms with Crippen molar-refractivity contribution in [2.24, 2.45) is 5.73 Å². The highest BCUT2D eigenvalue weighted by molar-refractivity contribution is 5.96. The summed E-state index contributed by atoms with van der Waals surface area (Å²) in [5.74, 6) is -2.07. The monoisotopic (exact) mass is 257 g/mol. The van der Waals surface area contributed by atoms with E-state index in [9.17, 15) is 14.4 Å². The molecular weight excluding hydrogens is 238 g/mol. The Labute approximate surface area is 106 Å². The highest BCUT2D eigenvalue weighted by atomic mass is 16.5. The number of nitrogens with two attached hydrogens (primary N) is 1. The van der Waals surface area contributed by atoms with Crippen molar-refractivity contribution in [3.8, 4) is 0 Å². The maximum Gasteiger partial charge on any atom is 0.330 e. The van der Waals surface area contributed by atoms with E-state index >= 15 is 0 Å². The number of rotatable bonds is 9. The van der Waals surface area contributed by atoms with Gasteiger partial charge in [-0.2, -0.15) is 0 Å². The summed E-state index contributed by atoms with van der Waals surface area (Å²) in [6.07, 6.45) is 3.87. The Balaban J connectivity index is 3.86. The Hall–Kier alpha value is -1.69. The van der Waals surface area contributed by atoms with Crippen LogP contribution in [0.25, 0.3) is 0 Å². The fourth-order valence-corrected chi connectivity index (χ4v) is 1.03. The van der Waals surface area contributed by atoms with Crippen LogP contribution >= 0.6 is 0 Å². The second-order valence-electron chi connectivity index (χ2n) is 3.80. The van der Waals surface area contributed by atoms with E-state index in [1.807, 2.05) is 6.92 Å². The number of esters is 1. The van der Waals surface area contributed by atoms with Gasteiger partial charge in [0.1, 0.15) is 6.04 Å². The number of hydrogen-bond donors (Lipinski definition) is 2. The van der Waals surface area contributed by atoms with Crippen molar-refractivity contribution in [2.45, 2.75) is 38.6 Å². The average Bonchev–Trinajstić information content (AvgIpc) is 2.33. The summed E-state index contributed by atoms with van der Waals surface area (Å²) in [7, 11) is 0. The van der Waals surface area contributed by atoms with Crippen LogP contribution in [0.5, 0.6) is 0 Å². The van der Waals surface area contributed by atoms with Crippen LogP contribution < -0.4 is 5.73 Å². The zero-order valence-corrected chi connectivity index (χ0v) is 10.4. The van der Waals surface area contributed by atoms with Crippen molar-refractivity contribution in [2.75, 3.05) is 6.61 Å². The van der Waals surface area contributed by atoms with E-state index in [0.29, 0.717) is 6.61 Å². The third-order valence-electron chi connectivity index (χ3n) is 2.17. The molecule has 0 aromatic heterocycles. The molecule has 0 spiro atoms. The van der Waals surface area contributed by atoms with E-state index in [4.69, 9.17) is 15.6 Å². The summed E-state index contributed by atoms with van der Waals surface area (Å²) in [4.78, 5) is 32.7. The van der Waals surface area contributed by atoms with Crippen molar-refractivity contribution in [1.29, 1.82) is 0 Å². The van der Waals surface area contributed by atoms with Gasteiger partial charge >= 0.3 is 11.9 Å². The quantitative estimate of drug-likeness (QED) is 0.357. The first-order valence-electron chi connectivity index (χ1n) is 5.83. The molecule has 0 amide bonds. The molecule has 0 aromatic rings. The summed E-state index contributed by atoms with van der Waals surface area (Å²) in [5.41, 5.74) is 5.23. The maximum atomic E-state index is 11.3. The third-order valence-corrected chi connectivity index (χ3v) is 2.17. The Morgan fingerprint density at radius 2 is 2.00 bits per heavy atom. The van der Waals surface area contributed by atoms with Gasteiger partial charge < -0.3 is 15.6 Å². The third kappa shape index (κ3) is 8.46. The van der Waals surface area contributed by atoms with Gasteiger partial charge in [0.2, 0.25) is 0 Å². The van der Waals surface area contributed by atoms with E-state index < -0.39 is 18.0 Å². The number of carbonyl (C=O) groups is 3. The lowest BCUT2D eigenvalue weighted by Gasteiger charge is -2.03. The number of ether oxygens (including phenoxy) is 1. The van der Waals surface area contributed by atoms with E-state index in [-0.39, 0.29) is 18.6 Å². The van der Waals surface area contributed by atoms with E-state index in [2.05, 4.69) is 0 Å². The first kappa shape index (κ1) is 16.3. The summed E-state index contributed by atoms with van der Waals surface area (Å²) in [6.45, 7) is 2.30. The molecule has 18 heavy (non-hydrogen) atoms. The molecule has 102 valence electrons. The second-order valence-corrected chi connectivity index (χ2v) is 3.80. The van der Waals surface area contributed by atoms with Crippen LogP contribution in [0.1, 0.15) is 32.6 Å². The Bertz CT molecular complexity index is 324. The molecule has 6 nitrogen and oxygen atoms in total. The van der Waals surface area contributed by atoms with Gasteiger partial charge in [0, 0.05) is 12.5 Å². The SMILES string of the molecule is CCCCOC(=O)/C=C/C(=O)CCC(N)C(=O)O. The van der Waals surface area contributed by atoms with Crippen LogP contribution in [-0.2, 0) is 19.1 Å². The molecule has 0 aliphatic heterocycles. The molecule has 0 radical (unpaired) electrons. The minimum atomic E-state index is -1.15. The van der Waals surface area contributed by atoms with Gasteiger partial charge in [0.05, 0.1) is 6.61 Å². The summed E-state index contributed by atoms with van der Waals surface area (Å²) in [6, 6.07) is -1.06. The first-order valence-corrected chi connectivity index (χ1v) is 5.83. The normalized spacial score (nSPS) is 12.3. The number of hydrogen-bond acceptors (Lipinski definition) is 5. The lowest BCUT2D eigenvalue weighted by Crippen LogP contribution is -2.30. The molecule has 6 heteroatoms. The highest BCUT2D eigenvalue weighted by Crippen LogP contribution is 1.98. The van der Waals surface area contributed by atoms with Gasteiger partial charge in [-0.25, -0.2) is 4.79 Å². The smallest absolute Gasteiger partial charge is 0.330 e. The highest BCUT2D eigenvalue weighted by Gasteiger charge is 2.12. The van der Waals surface area contributed by atoms with Crippen LogP contribution in [0.3, 0.4) is 0 Å². The lowest BCUT2D eigenvalue weighted by atomic mass is 10.1. The lowest BCUT2D eigenvalue weighted by molar-refractivity contribution is -0.139. The van der Waals surface area contributed by atoms with Crippen molar-refractivity contribution in [3.63, 3.8) is 0 Å². The van der Waals surface area contributed by atoms with Crippen molar-refractivity contribution in [3.05, 3.63) is 12.2 Å². The standard InChI is InChI=1S/C12H19NO5/c1-2-3-8-18-11(15)7-5-9(14)4-6-10(13)12(16)17/h5,7,10H,2-4,6,8,13H2,1H3,(H,16,17)/b7-5+. The molecule has 3 N–H and O–H groups in total. The van der Waals surface area contributed by atoms with E-state index in [1.165, 1.54) is 0 Å². The number of carbonyl (C=O) groups excluding carboxylic acids is 2. The molecule has 0 aliphatic carbocycles. The summed E-state index contributed by atoms with van der Waals surface area (Å²) in [5, 5.41) is 8.51. The molecular formula is C12H19NO5. The number of carboxylic acids is 1. The molecule has 1 atom stereocenters. The molecule has 1 unspecified atom stereocenters. The average molecular weight is 257 g/mol. The van der Waals surface area contributed by atoms with Crippen LogP contribution in [0.2, 0.25) is 0 Å². The van der Waals surface area contributed by atoms with Crippen LogP contribution in [0.4, 0.5) is 0 Å². The number of ketones is 1. The van der Waals surface area contributed by atoms with Gasteiger partial charge in [-0.3, -0.25) is 9.59 Å². The molecule has 0 heterocycles. The maximum absolute atomic E-state index is 11.3. The predicted octanol–water partition coefficient (Wildman–Crippen LogP) is 0.647. The van der Waals surface area contributed by atoms with Gasteiger partial charge in [-0.05, 0) is 18.9 Å². The fraction of sp³-hybridized carbons (Fsp3) is 0.583. The Morgan fingerprint density at radius 1 is 1.33 bits per heavy atom. The van der Waals surface area contributed by atoms with Crippen molar-refractivity contribution in [1.82, 2.24) is 0 Å². The molecule has 0 aromatic carbocycles. The van der Waals surface area contributed by atoms with Gasteiger partial charge in [0.15, 0.2) is 5.78 Å². The minimum absolute atomic E-state index is 0.00773. The van der Waals surface area contributed by atoms with Gasteiger partial charge in [-0.1, -0.05) is 13.3 Å². The molecule has 0 aliphatic rings. The molecule has 0 bridgehead atoms. The Morgan fingerprint density at radius 3 is 2.56 bits per heavy atom. The largest absolute Gasteiger partial charge is 0.480 e. The minimum Gasteiger partial charge on any atom is -0.480 e. The molecule has 0 saturated carbocycles. The zero-order chi connectivity index (χ0) is 14.0. The predicted molar refractivity (Wildman–Crippen MR) is 64.9 cm³/mol. The van der Waals surface area contributed by atoms with E-state index in [0.717, 1.165) is 25.0 Å². The summed E-state index contributed by atoms with van der Waals surface area (Å²) < 4.78 is 4.80. The number of aliphatic carboxylic acids is 1. The molecule has 0 rings (SSSR count). The fourth-order valence-electron chi connectivity index (χ4n) is 1.03. The van der Waals surface area contributed by atoms with Crippen molar-refractivity contribution >= 4 is 17.7 Å². The Kier molecular flexibility index (Phi) is 8.47. The van der Waals surface area contributed by atoms with Gasteiger partial charge in [-0.15, -0.1) is 0 Å².